The van der Waals surface area contributed by atoms with Crippen LogP contribution in [0.5, 0.6) is 10.9 Å². The molecule has 0 aliphatic heterocycles. The summed E-state index contributed by atoms with van der Waals surface area (Å²) in [7, 11) is 0. The molecule has 90 valence electrons. The summed E-state index contributed by atoms with van der Waals surface area (Å²) in [6.45, 7) is 2.13. The number of pyridine rings is 1. The van der Waals surface area contributed by atoms with Crippen molar-refractivity contribution in [3.8, 4) is 10.9 Å². The SMILES string of the molecule is CCc1ccc(Oc2nc3cccnc3s2)cc1. The van der Waals surface area contributed by atoms with E-state index in [0.29, 0.717) is 5.19 Å². The Labute approximate surface area is 109 Å². The molecule has 0 fully saturated rings. The quantitative estimate of drug-likeness (QED) is 0.709. The van der Waals surface area contributed by atoms with Crippen LogP contribution in [-0.4, -0.2) is 9.97 Å². The average molecular weight is 256 g/mol. The molecule has 4 heteroatoms. The molecule has 0 radical (unpaired) electrons. The predicted octanol–water partition coefficient (Wildman–Crippen LogP) is 4.05. The first-order chi connectivity index (χ1) is 8.85. The fraction of sp³-hybridized carbons (Fsp3) is 0.143. The molecule has 0 unspecified atom stereocenters. The Bertz CT molecular complexity index is 628. The fourth-order valence-electron chi connectivity index (χ4n) is 1.69. The van der Waals surface area contributed by atoms with Crippen LogP contribution in [0.3, 0.4) is 0 Å². The zero-order valence-corrected chi connectivity index (χ0v) is 10.8. The van der Waals surface area contributed by atoms with Crippen LogP contribution in [0.4, 0.5) is 0 Å². The van der Waals surface area contributed by atoms with Crippen LogP contribution < -0.4 is 4.74 Å². The largest absolute Gasteiger partial charge is 0.431 e. The Kier molecular flexibility index (Phi) is 2.94. The molecule has 0 spiro atoms. The monoisotopic (exact) mass is 256 g/mol. The van der Waals surface area contributed by atoms with Crippen LogP contribution in [0, 0.1) is 0 Å². The number of aryl methyl sites for hydroxylation is 1. The summed E-state index contributed by atoms with van der Waals surface area (Å²) in [6, 6.07) is 11.9. The number of ether oxygens (including phenoxy) is 1. The Morgan fingerprint density at radius 3 is 2.72 bits per heavy atom. The van der Waals surface area contributed by atoms with Crippen molar-refractivity contribution in [2.45, 2.75) is 13.3 Å². The Morgan fingerprint density at radius 1 is 1.17 bits per heavy atom. The number of hydrogen-bond donors (Lipinski definition) is 0. The normalized spacial score (nSPS) is 10.7. The maximum atomic E-state index is 5.73. The molecule has 0 atom stereocenters. The summed E-state index contributed by atoms with van der Waals surface area (Å²) < 4.78 is 5.73. The minimum absolute atomic E-state index is 0.632. The molecule has 2 aromatic heterocycles. The van der Waals surface area contributed by atoms with E-state index in [0.717, 1.165) is 22.5 Å². The Balaban J connectivity index is 1.86. The van der Waals surface area contributed by atoms with Gasteiger partial charge in [-0.2, -0.15) is 0 Å². The summed E-state index contributed by atoms with van der Waals surface area (Å²) in [5.41, 5.74) is 2.18. The van der Waals surface area contributed by atoms with E-state index in [2.05, 4.69) is 29.0 Å². The molecular weight excluding hydrogens is 244 g/mol. The lowest BCUT2D eigenvalue weighted by atomic mass is 10.2. The van der Waals surface area contributed by atoms with Crippen LogP contribution in [-0.2, 0) is 6.42 Å². The molecule has 18 heavy (non-hydrogen) atoms. The number of thiazole rings is 1. The van der Waals surface area contributed by atoms with Gasteiger partial charge in [-0.1, -0.05) is 30.4 Å². The lowest BCUT2D eigenvalue weighted by Crippen LogP contribution is -1.84. The van der Waals surface area contributed by atoms with E-state index in [4.69, 9.17) is 4.74 Å². The predicted molar refractivity (Wildman–Crippen MR) is 73.3 cm³/mol. The highest BCUT2D eigenvalue weighted by Crippen LogP contribution is 2.29. The van der Waals surface area contributed by atoms with Gasteiger partial charge in [0.15, 0.2) is 0 Å². The highest BCUT2D eigenvalue weighted by molar-refractivity contribution is 7.19. The van der Waals surface area contributed by atoms with E-state index in [1.165, 1.54) is 16.9 Å². The van der Waals surface area contributed by atoms with Crippen molar-refractivity contribution in [3.63, 3.8) is 0 Å². The van der Waals surface area contributed by atoms with Crippen molar-refractivity contribution in [1.29, 1.82) is 0 Å². The lowest BCUT2D eigenvalue weighted by Gasteiger charge is -2.01. The first-order valence-electron chi connectivity index (χ1n) is 5.83. The molecular formula is C14H12N2OS. The molecule has 0 N–H and O–H groups in total. The molecule has 2 heterocycles. The van der Waals surface area contributed by atoms with Crippen molar-refractivity contribution in [2.75, 3.05) is 0 Å². The third-order valence-electron chi connectivity index (χ3n) is 2.68. The Morgan fingerprint density at radius 2 is 2.00 bits per heavy atom. The second kappa shape index (κ2) is 4.74. The number of benzene rings is 1. The Hall–Kier alpha value is -1.94. The second-order valence-electron chi connectivity index (χ2n) is 3.91. The molecule has 3 aromatic rings. The number of nitrogens with zero attached hydrogens (tertiary/aromatic N) is 2. The van der Waals surface area contributed by atoms with E-state index >= 15 is 0 Å². The average Bonchev–Trinajstić information content (AvgIpc) is 2.82. The molecule has 0 bridgehead atoms. The lowest BCUT2D eigenvalue weighted by molar-refractivity contribution is 0.480. The molecule has 0 amide bonds. The highest BCUT2D eigenvalue weighted by atomic mass is 32.1. The second-order valence-corrected chi connectivity index (χ2v) is 4.85. The maximum absolute atomic E-state index is 5.73. The summed E-state index contributed by atoms with van der Waals surface area (Å²) >= 11 is 1.46. The van der Waals surface area contributed by atoms with E-state index in [1.54, 1.807) is 6.20 Å². The molecule has 0 aliphatic rings. The van der Waals surface area contributed by atoms with Crippen molar-refractivity contribution in [1.82, 2.24) is 9.97 Å². The van der Waals surface area contributed by atoms with Gasteiger partial charge in [-0.3, -0.25) is 0 Å². The van der Waals surface area contributed by atoms with Crippen LogP contribution in [0.25, 0.3) is 10.3 Å². The van der Waals surface area contributed by atoms with Crippen molar-refractivity contribution < 1.29 is 4.74 Å². The van der Waals surface area contributed by atoms with Gasteiger partial charge in [0.05, 0.1) is 0 Å². The van der Waals surface area contributed by atoms with Crippen molar-refractivity contribution in [3.05, 3.63) is 48.2 Å². The summed E-state index contributed by atoms with van der Waals surface area (Å²) in [5.74, 6) is 0.811. The number of aromatic nitrogens is 2. The third-order valence-corrected chi connectivity index (χ3v) is 3.54. The topological polar surface area (TPSA) is 35.0 Å². The van der Waals surface area contributed by atoms with Gasteiger partial charge >= 0.3 is 0 Å². The number of hydrogen-bond acceptors (Lipinski definition) is 4. The van der Waals surface area contributed by atoms with E-state index in [1.807, 2.05) is 24.3 Å². The van der Waals surface area contributed by atoms with Gasteiger partial charge in [-0.25, -0.2) is 9.97 Å². The highest BCUT2D eigenvalue weighted by Gasteiger charge is 2.06. The third kappa shape index (κ3) is 2.19. The zero-order valence-electron chi connectivity index (χ0n) is 9.96. The summed E-state index contributed by atoms with van der Waals surface area (Å²) in [4.78, 5) is 9.53. The van der Waals surface area contributed by atoms with Gasteiger partial charge in [-0.15, -0.1) is 0 Å². The van der Waals surface area contributed by atoms with Crippen molar-refractivity contribution in [2.24, 2.45) is 0 Å². The minimum atomic E-state index is 0.632. The van der Waals surface area contributed by atoms with Crippen LogP contribution in [0.2, 0.25) is 0 Å². The molecule has 0 saturated carbocycles. The first-order valence-corrected chi connectivity index (χ1v) is 6.65. The van der Waals surface area contributed by atoms with E-state index in [-0.39, 0.29) is 0 Å². The van der Waals surface area contributed by atoms with Crippen LogP contribution in [0.15, 0.2) is 42.6 Å². The van der Waals surface area contributed by atoms with Gasteiger partial charge in [0, 0.05) is 6.20 Å². The van der Waals surface area contributed by atoms with Gasteiger partial charge in [0.2, 0.25) is 0 Å². The van der Waals surface area contributed by atoms with Gasteiger partial charge < -0.3 is 4.74 Å². The van der Waals surface area contributed by atoms with E-state index < -0.39 is 0 Å². The molecule has 1 aromatic carbocycles. The van der Waals surface area contributed by atoms with Crippen LogP contribution in [0.1, 0.15) is 12.5 Å². The van der Waals surface area contributed by atoms with Gasteiger partial charge in [0.1, 0.15) is 16.1 Å². The molecule has 3 nitrogen and oxygen atoms in total. The standard InChI is InChI=1S/C14H12N2OS/c1-2-10-5-7-11(8-6-10)17-14-16-12-4-3-9-15-13(12)18-14/h3-9H,2H2,1H3. The first kappa shape index (κ1) is 11.2. The summed E-state index contributed by atoms with van der Waals surface area (Å²) in [6.07, 6.45) is 2.80. The summed E-state index contributed by atoms with van der Waals surface area (Å²) in [5, 5.41) is 0.632. The fourth-order valence-corrected chi connectivity index (χ4v) is 2.47. The maximum Gasteiger partial charge on any atom is 0.281 e. The zero-order chi connectivity index (χ0) is 12.4. The van der Waals surface area contributed by atoms with Gasteiger partial charge in [-0.05, 0) is 36.2 Å². The molecule has 0 saturated heterocycles. The smallest absolute Gasteiger partial charge is 0.281 e. The molecule has 0 aliphatic carbocycles. The van der Waals surface area contributed by atoms with Gasteiger partial charge in [0.25, 0.3) is 5.19 Å². The van der Waals surface area contributed by atoms with Crippen LogP contribution >= 0.6 is 11.3 Å². The molecule has 3 rings (SSSR count). The number of rotatable bonds is 3. The minimum Gasteiger partial charge on any atom is -0.431 e. The van der Waals surface area contributed by atoms with E-state index in [9.17, 15) is 0 Å². The van der Waals surface area contributed by atoms with Crippen molar-refractivity contribution >= 4 is 21.7 Å². The number of fused-ring (bicyclic) bond motifs is 1.